The van der Waals surface area contributed by atoms with Crippen molar-refractivity contribution in [1.29, 1.82) is 0 Å². The number of nitrogens with zero attached hydrogens (tertiary/aromatic N) is 2. The molecule has 0 aliphatic heterocycles. The molecule has 0 heterocycles. The van der Waals surface area contributed by atoms with Gasteiger partial charge in [-0.2, -0.15) is 0 Å². The third kappa shape index (κ3) is 5.11. The first kappa shape index (κ1) is 19.0. The minimum absolute atomic E-state index is 0.405. The van der Waals surface area contributed by atoms with E-state index in [0.29, 0.717) is 22.5 Å². The monoisotopic (exact) mass is 373 g/mol. The van der Waals surface area contributed by atoms with E-state index in [1.165, 1.54) is 0 Å². The maximum absolute atomic E-state index is 12.0. The molecule has 0 radical (unpaired) electrons. The van der Waals surface area contributed by atoms with E-state index in [0.717, 1.165) is 11.1 Å². The zero-order valence-corrected chi connectivity index (χ0v) is 15.5. The van der Waals surface area contributed by atoms with Crippen molar-refractivity contribution < 1.29 is 14.4 Å². The molecule has 6 nitrogen and oxygen atoms in total. The number of hydrogen-bond donors (Lipinski definition) is 1. The molecule has 0 aliphatic rings. The molecular formula is C22H19N3O3. The van der Waals surface area contributed by atoms with Crippen LogP contribution < -0.4 is 5.48 Å². The van der Waals surface area contributed by atoms with E-state index < -0.39 is 11.9 Å². The summed E-state index contributed by atoms with van der Waals surface area (Å²) in [6, 6.07) is 21.0. The van der Waals surface area contributed by atoms with Gasteiger partial charge in [0.2, 0.25) is 0 Å². The number of rotatable bonds is 5. The van der Waals surface area contributed by atoms with Crippen molar-refractivity contribution in [2.45, 2.75) is 13.8 Å². The summed E-state index contributed by atoms with van der Waals surface area (Å²) in [6.07, 6.45) is 0. The van der Waals surface area contributed by atoms with Crippen LogP contribution in [0.4, 0.5) is 11.4 Å². The highest BCUT2D eigenvalue weighted by atomic mass is 16.7. The molecule has 0 spiro atoms. The molecule has 140 valence electrons. The minimum Gasteiger partial charge on any atom is -0.338 e. The predicted octanol–water partition coefficient (Wildman–Crippen LogP) is 5.41. The Bertz CT molecular complexity index is 1030. The summed E-state index contributed by atoms with van der Waals surface area (Å²) in [4.78, 5) is 29.1. The summed E-state index contributed by atoms with van der Waals surface area (Å²) in [7, 11) is 0. The minimum atomic E-state index is -0.476. The van der Waals surface area contributed by atoms with Gasteiger partial charge in [0, 0.05) is 5.56 Å². The maximum atomic E-state index is 12.0. The Kier molecular flexibility index (Phi) is 5.91. The van der Waals surface area contributed by atoms with Gasteiger partial charge in [0.25, 0.3) is 5.91 Å². The fourth-order valence-corrected chi connectivity index (χ4v) is 2.47. The van der Waals surface area contributed by atoms with Gasteiger partial charge in [-0.25, -0.2) is 10.3 Å². The Morgan fingerprint density at radius 1 is 0.821 bits per heavy atom. The molecule has 0 fully saturated rings. The van der Waals surface area contributed by atoms with E-state index in [2.05, 4.69) is 15.7 Å². The zero-order valence-electron chi connectivity index (χ0n) is 15.5. The lowest BCUT2D eigenvalue weighted by molar-refractivity contribution is 0.0596. The molecule has 28 heavy (non-hydrogen) atoms. The van der Waals surface area contributed by atoms with Crippen LogP contribution >= 0.6 is 0 Å². The quantitative estimate of drug-likeness (QED) is 0.479. The second kappa shape index (κ2) is 8.73. The number of benzene rings is 3. The standard InChI is InChI=1S/C22H19N3O3/c1-15-5-3-7-17(13-15)21(26)24-23-19-9-11-20(12-10-19)25-28-22(27)18-8-4-6-16(2)14-18/h3-14,25H,1-2H3. The summed E-state index contributed by atoms with van der Waals surface area (Å²) in [5, 5.41) is 7.68. The molecule has 1 N–H and O–H groups in total. The molecule has 0 aromatic heterocycles. The topological polar surface area (TPSA) is 80.1 Å². The molecule has 0 aliphatic carbocycles. The van der Waals surface area contributed by atoms with Crippen LogP contribution in [0.3, 0.4) is 0 Å². The van der Waals surface area contributed by atoms with Crippen LogP contribution in [0.25, 0.3) is 0 Å². The molecule has 0 bridgehead atoms. The number of amides is 1. The number of anilines is 1. The van der Waals surface area contributed by atoms with Gasteiger partial charge in [-0.3, -0.25) is 4.79 Å². The lowest BCUT2D eigenvalue weighted by Gasteiger charge is -2.07. The Morgan fingerprint density at radius 3 is 2.07 bits per heavy atom. The summed E-state index contributed by atoms with van der Waals surface area (Å²) in [5.74, 6) is -0.880. The average molecular weight is 373 g/mol. The first-order valence-electron chi connectivity index (χ1n) is 8.68. The van der Waals surface area contributed by atoms with Gasteiger partial charge in [-0.05, 0) is 62.4 Å². The largest absolute Gasteiger partial charge is 0.362 e. The van der Waals surface area contributed by atoms with Crippen molar-refractivity contribution in [2.75, 3.05) is 5.48 Å². The van der Waals surface area contributed by atoms with Crippen molar-refractivity contribution in [3.8, 4) is 0 Å². The van der Waals surface area contributed by atoms with Crippen LogP contribution in [-0.4, -0.2) is 11.9 Å². The van der Waals surface area contributed by atoms with Crippen LogP contribution in [-0.2, 0) is 4.84 Å². The molecule has 0 saturated heterocycles. The van der Waals surface area contributed by atoms with Gasteiger partial charge in [-0.1, -0.05) is 35.4 Å². The van der Waals surface area contributed by atoms with Crippen LogP contribution in [0.2, 0.25) is 0 Å². The van der Waals surface area contributed by atoms with Crippen molar-refractivity contribution in [3.05, 3.63) is 95.1 Å². The molecular weight excluding hydrogens is 354 g/mol. The zero-order chi connectivity index (χ0) is 19.9. The first-order chi connectivity index (χ1) is 13.5. The lowest BCUT2D eigenvalue weighted by atomic mass is 10.1. The molecule has 6 heteroatoms. The summed E-state index contributed by atoms with van der Waals surface area (Å²) in [5.41, 5.74) is 6.60. The van der Waals surface area contributed by atoms with Crippen LogP contribution in [0, 0.1) is 13.8 Å². The second-order valence-corrected chi connectivity index (χ2v) is 6.28. The molecule has 0 unspecified atom stereocenters. The number of aryl methyl sites for hydroxylation is 2. The number of carbonyl (C=O) groups is 2. The Balaban J connectivity index is 1.57. The van der Waals surface area contributed by atoms with Gasteiger partial charge < -0.3 is 4.84 Å². The SMILES string of the molecule is Cc1cccc(C(=O)N=Nc2ccc(NOC(=O)c3cccc(C)c3)cc2)c1. The van der Waals surface area contributed by atoms with Gasteiger partial charge in [-0.15, -0.1) is 10.2 Å². The Hall–Kier alpha value is -3.80. The maximum Gasteiger partial charge on any atom is 0.362 e. The van der Waals surface area contributed by atoms with E-state index >= 15 is 0 Å². The molecule has 0 saturated carbocycles. The predicted molar refractivity (Wildman–Crippen MR) is 107 cm³/mol. The van der Waals surface area contributed by atoms with E-state index in [-0.39, 0.29) is 0 Å². The number of azo groups is 1. The van der Waals surface area contributed by atoms with E-state index in [1.54, 1.807) is 60.7 Å². The fraction of sp³-hybridized carbons (Fsp3) is 0.0909. The van der Waals surface area contributed by atoms with Gasteiger partial charge in [0.05, 0.1) is 16.9 Å². The van der Waals surface area contributed by atoms with Gasteiger partial charge in [0.15, 0.2) is 0 Å². The van der Waals surface area contributed by atoms with Crippen molar-refractivity contribution in [3.63, 3.8) is 0 Å². The van der Waals surface area contributed by atoms with Gasteiger partial charge >= 0.3 is 5.97 Å². The third-order valence-corrected chi connectivity index (χ3v) is 3.90. The highest BCUT2D eigenvalue weighted by molar-refractivity contribution is 5.94. The molecule has 1 amide bonds. The van der Waals surface area contributed by atoms with E-state index in [9.17, 15) is 9.59 Å². The van der Waals surface area contributed by atoms with E-state index in [4.69, 9.17) is 4.84 Å². The van der Waals surface area contributed by atoms with E-state index in [1.807, 2.05) is 26.0 Å². The smallest absolute Gasteiger partial charge is 0.338 e. The lowest BCUT2D eigenvalue weighted by Crippen LogP contribution is -2.10. The summed E-state index contributed by atoms with van der Waals surface area (Å²) >= 11 is 0. The Morgan fingerprint density at radius 2 is 1.43 bits per heavy atom. The second-order valence-electron chi connectivity index (χ2n) is 6.28. The highest BCUT2D eigenvalue weighted by Gasteiger charge is 2.07. The number of hydrogen-bond acceptors (Lipinski definition) is 5. The summed E-state index contributed by atoms with van der Waals surface area (Å²) < 4.78 is 0. The number of carbonyl (C=O) groups excluding carboxylic acids is 2. The number of nitrogens with one attached hydrogen (secondary N) is 1. The molecule has 3 aromatic rings. The Labute approximate surface area is 162 Å². The van der Waals surface area contributed by atoms with Gasteiger partial charge in [0.1, 0.15) is 0 Å². The van der Waals surface area contributed by atoms with Crippen molar-refractivity contribution >= 4 is 23.3 Å². The first-order valence-corrected chi connectivity index (χ1v) is 8.68. The molecule has 3 aromatic carbocycles. The van der Waals surface area contributed by atoms with Crippen LogP contribution in [0.15, 0.2) is 83.0 Å². The highest BCUT2D eigenvalue weighted by Crippen LogP contribution is 2.18. The fourth-order valence-electron chi connectivity index (χ4n) is 2.47. The third-order valence-electron chi connectivity index (χ3n) is 3.90. The van der Waals surface area contributed by atoms with Crippen molar-refractivity contribution in [1.82, 2.24) is 0 Å². The normalized spacial score (nSPS) is 10.6. The molecule has 3 rings (SSSR count). The van der Waals surface area contributed by atoms with Crippen LogP contribution in [0.1, 0.15) is 31.8 Å². The van der Waals surface area contributed by atoms with Crippen LogP contribution in [0.5, 0.6) is 0 Å². The average Bonchev–Trinajstić information content (AvgIpc) is 2.71. The molecule has 0 atom stereocenters. The summed E-state index contributed by atoms with van der Waals surface area (Å²) in [6.45, 7) is 3.81. The van der Waals surface area contributed by atoms with Crippen molar-refractivity contribution in [2.24, 2.45) is 10.2 Å².